The molecule has 0 aromatic heterocycles. The number of nitrogens with one attached hydrogen (secondary N) is 1. The largest absolute Gasteiger partial charge is 0.381 e. The highest BCUT2D eigenvalue weighted by molar-refractivity contribution is 4.84. The quantitative estimate of drug-likeness (QED) is 0.687. The summed E-state index contributed by atoms with van der Waals surface area (Å²) in [7, 11) is 0. The second-order valence-corrected chi connectivity index (χ2v) is 7.32. The molecule has 2 aliphatic heterocycles. The summed E-state index contributed by atoms with van der Waals surface area (Å²) < 4.78 is 5.06. The molecule has 96 valence electrons. The average molecular weight is 227 g/mol. The molecule has 0 atom stereocenters. The molecule has 0 spiro atoms. The monoisotopic (exact) mass is 227 g/mol. The molecule has 16 heavy (non-hydrogen) atoms. The van der Waals surface area contributed by atoms with Crippen molar-refractivity contribution in [2.45, 2.75) is 41.5 Å². The molecule has 2 nitrogen and oxygen atoms in total. The van der Waals surface area contributed by atoms with Gasteiger partial charge in [0.25, 0.3) is 0 Å². The van der Waals surface area contributed by atoms with Gasteiger partial charge in [-0.05, 0) is 29.8 Å². The van der Waals surface area contributed by atoms with E-state index < -0.39 is 0 Å². The highest BCUT2D eigenvalue weighted by Gasteiger charge is 2.30. The number of hydrogen-bond acceptors (Lipinski definition) is 2. The predicted molar refractivity (Wildman–Crippen MR) is 69.6 cm³/mol. The van der Waals surface area contributed by atoms with Gasteiger partial charge in [-0.2, -0.15) is 0 Å². The van der Waals surface area contributed by atoms with Crippen LogP contribution in [0.5, 0.6) is 0 Å². The zero-order chi connectivity index (χ0) is 12.4. The maximum atomic E-state index is 5.06. The van der Waals surface area contributed by atoms with Gasteiger partial charge in [-0.1, -0.05) is 41.5 Å². The van der Waals surface area contributed by atoms with Crippen molar-refractivity contribution >= 4 is 0 Å². The second-order valence-electron chi connectivity index (χ2n) is 7.32. The summed E-state index contributed by atoms with van der Waals surface area (Å²) in [6.45, 7) is 18.1. The SMILES string of the molecule is CC(C)(C)C1CNC1.CC(C)(C)C1COC1. The van der Waals surface area contributed by atoms with Gasteiger partial charge in [0.15, 0.2) is 0 Å². The van der Waals surface area contributed by atoms with Crippen LogP contribution >= 0.6 is 0 Å². The van der Waals surface area contributed by atoms with Gasteiger partial charge in [-0.25, -0.2) is 0 Å². The van der Waals surface area contributed by atoms with Crippen LogP contribution in [-0.4, -0.2) is 26.3 Å². The number of rotatable bonds is 0. The van der Waals surface area contributed by atoms with E-state index in [0.29, 0.717) is 10.8 Å². The van der Waals surface area contributed by atoms with Crippen molar-refractivity contribution in [2.75, 3.05) is 26.3 Å². The van der Waals surface area contributed by atoms with Gasteiger partial charge in [0, 0.05) is 5.92 Å². The lowest BCUT2D eigenvalue weighted by molar-refractivity contribution is -0.0821. The van der Waals surface area contributed by atoms with Gasteiger partial charge in [0.05, 0.1) is 13.2 Å². The molecule has 0 aromatic carbocycles. The van der Waals surface area contributed by atoms with E-state index in [1.807, 2.05) is 0 Å². The summed E-state index contributed by atoms with van der Waals surface area (Å²) in [4.78, 5) is 0. The van der Waals surface area contributed by atoms with Crippen LogP contribution in [0.25, 0.3) is 0 Å². The van der Waals surface area contributed by atoms with E-state index in [0.717, 1.165) is 25.0 Å². The molecule has 0 aliphatic carbocycles. The summed E-state index contributed by atoms with van der Waals surface area (Å²) in [6, 6.07) is 0. The molecule has 0 radical (unpaired) electrons. The molecular weight excluding hydrogens is 198 g/mol. The molecule has 0 saturated carbocycles. The van der Waals surface area contributed by atoms with Crippen molar-refractivity contribution < 1.29 is 4.74 Å². The van der Waals surface area contributed by atoms with Crippen LogP contribution in [0.4, 0.5) is 0 Å². The molecule has 2 heterocycles. The first-order valence-electron chi connectivity index (χ1n) is 6.49. The van der Waals surface area contributed by atoms with E-state index in [9.17, 15) is 0 Å². The second kappa shape index (κ2) is 5.05. The Balaban J connectivity index is 0.000000160. The molecule has 2 rings (SSSR count). The van der Waals surface area contributed by atoms with Crippen molar-refractivity contribution in [3.05, 3.63) is 0 Å². The Morgan fingerprint density at radius 1 is 0.812 bits per heavy atom. The van der Waals surface area contributed by atoms with E-state index in [2.05, 4.69) is 46.9 Å². The average Bonchev–Trinajstić information content (AvgIpc) is 1.66. The maximum absolute atomic E-state index is 5.06. The molecule has 0 aromatic rings. The summed E-state index contributed by atoms with van der Waals surface area (Å²) >= 11 is 0. The van der Waals surface area contributed by atoms with Crippen molar-refractivity contribution in [1.29, 1.82) is 0 Å². The summed E-state index contributed by atoms with van der Waals surface area (Å²) in [5.41, 5.74) is 1.00. The molecule has 0 bridgehead atoms. The molecule has 2 fully saturated rings. The van der Waals surface area contributed by atoms with Crippen molar-refractivity contribution in [1.82, 2.24) is 5.32 Å². The van der Waals surface area contributed by atoms with E-state index in [1.165, 1.54) is 13.1 Å². The Labute approximate surface area is 101 Å². The van der Waals surface area contributed by atoms with Crippen molar-refractivity contribution in [3.63, 3.8) is 0 Å². The Bertz CT molecular complexity index is 180. The Morgan fingerprint density at radius 2 is 1.25 bits per heavy atom. The van der Waals surface area contributed by atoms with E-state index in [1.54, 1.807) is 0 Å². The topological polar surface area (TPSA) is 21.3 Å². The summed E-state index contributed by atoms with van der Waals surface area (Å²) in [5, 5.41) is 3.27. The first kappa shape index (κ1) is 14.0. The third kappa shape index (κ3) is 4.06. The third-order valence-electron chi connectivity index (χ3n) is 3.87. The summed E-state index contributed by atoms with van der Waals surface area (Å²) in [6.07, 6.45) is 0. The van der Waals surface area contributed by atoms with E-state index in [4.69, 9.17) is 4.74 Å². The minimum atomic E-state index is 0.470. The zero-order valence-electron chi connectivity index (χ0n) is 11.9. The van der Waals surface area contributed by atoms with Gasteiger partial charge in [0.2, 0.25) is 0 Å². The third-order valence-corrected chi connectivity index (χ3v) is 3.87. The number of hydrogen-bond donors (Lipinski definition) is 1. The molecule has 2 aliphatic rings. The van der Waals surface area contributed by atoms with Crippen LogP contribution in [0.15, 0.2) is 0 Å². The van der Waals surface area contributed by atoms with Crippen LogP contribution in [0.2, 0.25) is 0 Å². The van der Waals surface area contributed by atoms with Gasteiger partial charge >= 0.3 is 0 Å². The van der Waals surface area contributed by atoms with E-state index in [-0.39, 0.29) is 0 Å². The first-order valence-corrected chi connectivity index (χ1v) is 6.49. The van der Waals surface area contributed by atoms with Crippen molar-refractivity contribution in [2.24, 2.45) is 22.7 Å². The highest BCUT2D eigenvalue weighted by Crippen LogP contribution is 2.31. The summed E-state index contributed by atoms with van der Waals surface area (Å²) in [5.74, 6) is 1.73. The zero-order valence-corrected chi connectivity index (χ0v) is 11.9. The fourth-order valence-corrected chi connectivity index (χ4v) is 1.64. The lowest BCUT2D eigenvalue weighted by atomic mass is 9.77. The van der Waals surface area contributed by atoms with Crippen LogP contribution in [0.1, 0.15) is 41.5 Å². The lowest BCUT2D eigenvalue weighted by Crippen LogP contribution is -2.48. The molecule has 0 unspecified atom stereocenters. The predicted octanol–water partition coefficient (Wildman–Crippen LogP) is 2.93. The van der Waals surface area contributed by atoms with Crippen molar-refractivity contribution in [3.8, 4) is 0 Å². The standard InChI is InChI=1S/C7H15N.C7H14O/c2*1-7(2,3)6-4-8-5-6/h6,8H,4-5H2,1-3H3;6H,4-5H2,1-3H3. The van der Waals surface area contributed by atoms with Gasteiger partial charge in [0.1, 0.15) is 0 Å². The first-order chi connectivity index (χ1) is 7.21. The smallest absolute Gasteiger partial charge is 0.0521 e. The van der Waals surface area contributed by atoms with Gasteiger partial charge < -0.3 is 10.1 Å². The highest BCUT2D eigenvalue weighted by atomic mass is 16.5. The molecule has 2 heteroatoms. The Hall–Kier alpha value is -0.0800. The maximum Gasteiger partial charge on any atom is 0.0521 e. The normalized spacial score (nSPS) is 22.9. The molecule has 2 saturated heterocycles. The number of ether oxygens (including phenoxy) is 1. The molecular formula is C14H29NO. The van der Waals surface area contributed by atoms with Crippen LogP contribution in [0, 0.1) is 22.7 Å². The lowest BCUT2D eigenvalue weighted by Gasteiger charge is -2.38. The minimum absolute atomic E-state index is 0.470. The fourth-order valence-electron chi connectivity index (χ4n) is 1.64. The van der Waals surface area contributed by atoms with Crippen LogP contribution < -0.4 is 5.32 Å². The molecule has 1 N–H and O–H groups in total. The van der Waals surface area contributed by atoms with Gasteiger partial charge in [-0.15, -0.1) is 0 Å². The van der Waals surface area contributed by atoms with E-state index >= 15 is 0 Å². The minimum Gasteiger partial charge on any atom is -0.381 e. The van der Waals surface area contributed by atoms with Gasteiger partial charge in [-0.3, -0.25) is 0 Å². The Kier molecular flexibility index (Phi) is 4.42. The molecule has 0 amide bonds. The Morgan fingerprint density at radius 3 is 1.25 bits per heavy atom. The van der Waals surface area contributed by atoms with Crippen LogP contribution in [-0.2, 0) is 4.74 Å². The fraction of sp³-hybridized carbons (Fsp3) is 1.00. The van der Waals surface area contributed by atoms with Crippen LogP contribution in [0.3, 0.4) is 0 Å².